The quantitative estimate of drug-likeness (QED) is 0.308. The molecule has 164 valence electrons. The summed E-state index contributed by atoms with van der Waals surface area (Å²) in [6.07, 6.45) is 6.43. The summed E-state index contributed by atoms with van der Waals surface area (Å²) in [7, 11) is 0. The molecule has 1 saturated heterocycles. The molecule has 2 heterocycles. The molecule has 4 rings (SSSR count). The number of halogens is 1. The highest BCUT2D eigenvalue weighted by Crippen LogP contribution is 2.27. The molecule has 1 aromatic carbocycles. The molecular weight excluding hydrogens is 489 g/mol. The summed E-state index contributed by atoms with van der Waals surface area (Å²) in [6, 6.07) is 10.8. The lowest BCUT2D eigenvalue weighted by molar-refractivity contribution is -0.134. The number of H-pyrrole nitrogens is 1. The Kier molecular flexibility index (Phi) is 8.41. The van der Waals surface area contributed by atoms with Crippen molar-refractivity contribution >= 4 is 46.7 Å². The van der Waals surface area contributed by atoms with Gasteiger partial charge >= 0.3 is 0 Å². The summed E-state index contributed by atoms with van der Waals surface area (Å²) < 4.78 is 0. The predicted molar refractivity (Wildman–Crippen MR) is 133 cm³/mol. The fourth-order valence-corrected chi connectivity index (χ4v) is 4.58. The van der Waals surface area contributed by atoms with E-state index in [4.69, 9.17) is 4.99 Å². The molecule has 0 bridgehead atoms. The van der Waals surface area contributed by atoms with Gasteiger partial charge in [0.1, 0.15) is 0 Å². The molecule has 0 radical (unpaired) electrons. The fourth-order valence-electron chi connectivity index (χ4n) is 4.58. The highest BCUT2D eigenvalue weighted by Gasteiger charge is 2.32. The average molecular weight is 523 g/mol. The van der Waals surface area contributed by atoms with E-state index in [1.54, 1.807) is 0 Å². The van der Waals surface area contributed by atoms with E-state index in [2.05, 4.69) is 57.8 Å². The van der Waals surface area contributed by atoms with E-state index < -0.39 is 0 Å². The number of para-hydroxylation sites is 1. The Balaban J connectivity index is 0.00000256. The minimum atomic E-state index is 0. The summed E-state index contributed by atoms with van der Waals surface area (Å²) in [5.41, 5.74) is 2.38. The number of nitrogens with zero attached hydrogens (tertiary/aromatic N) is 2. The van der Waals surface area contributed by atoms with Crippen LogP contribution in [0.3, 0.4) is 0 Å². The number of hydrogen-bond acceptors (Lipinski definition) is 2. The first-order valence-corrected chi connectivity index (χ1v) is 11.1. The lowest BCUT2D eigenvalue weighted by atomic mass is 10.1. The Labute approximate surface area is 196 Å². The van der Waals surface area contributed by atoms with Crippen LogP contribution in [-0.4, -0.2) is 54.0 Å². The van der Waals surface area contributed by atoms with Crippen molar-refractivity contribution in [2.24, 2.45) is 10.9 Å². The second kappa shape index (κ2) is 11.0. The lowest BCUT2D eigenvalue weighted by Gasteiger charge is -2.21. The zero-order valence-corrected chi connectivity index (χ0v) is 20.2. The van der Waals surface area contributed by atoms with Crippen LogP contribution in [0.5, 0.6) is 0 Å². The second-order valence-electron chi connectivity index (χ2n) is 8.29. The topological polar surface area (TPSA) is 72.5 Å². The van der Waals surface area contributed by atoms with Gasteiger partial charge in [-0.05, 0) is 43.7 Å². The Morgan fingerprint density at radius 1 is 1.23 bits per heavy atom. The van der Waals surface area contributed by atoms with Crippen molar-refractivity contribution in [3.63, 3.8) is 0 Å². The van der Waals surface area contributed by atoms with E-state index >= 15 is 0 Å². The molecule has 1 aliphatic heterocycles. The fraction of sp³-hybridized carbons (Fsp3) is 0.565. The molecule has 30 heavy (non-hydrogen) atoms. The number of aromatic nitrogens is 1. The zero-order chi connectivity index (χ0) is 20.1. The maximum absolute atomic E-state index is 12.7. The van der Waals surface area contributed by atoms with E-state index in [-0.39, 0.29) is 35.9 Å². The van der Waals surface area contributed by atoms with Gasteiger partial charge in [-0.15, -0.1) is 24.0 Å². The summed E-state index contributed by atoms with van der Waals surface area (Å²) in [4.78, 5) is 22.9. The van der Waals surface area contributed by atoms with Crippen LogP contribution in [0.25, 0.3) is 10.9 Å². The monoisotopic (exact) mass is 523 g/mol. The third kappa shape index (κ3) is 5.68. The van der Waals surface area contributed by atoms with E-state index in [1.807, 2.05) is 0 Å². The Hall–Kier alpha value is -1.77. The number of nitrogens with one attached hydrogen (secondary N) is 3. The minimum Gasteiger partial charge on any atom is -0.358 e. The number of guanidine groups is 1. The van der Waals surface area contributed by atoms with E-state index in [0.29, 0.717) is 5.91 Å². The molecule has 6 nitrogen and oxygen atoms in total. The van der Waals surface area contributed by atoms with Crippen LogP contribution in [0.2, 0.25) is 0 Å². The number of carbonyl (C=O) groups is 1. The van der Waals surface area contributed by atoms with Gasteiger partial charge in [-0.1, -0.05) is 31.0 Å². The molecule has 1 atom stereocenters. The first kappa shape index (κ1) is 22.9. The minimum absolute atomic E-state index is 0. The van der Waals surface area contributed by atoms with Crippen molar-refractivity contribution in [3.8, 4) is 0 Å². The van der Waals surface area contributed by atoms with E-state index in [0.717, 1.165) is 57.8 Å². The molecule has 2 fully saturated rings. The van der Waals surface area contributed by atoms with Crippen LogP contribution in [-0.2, 0) is 11.2 Å². The Morgan fingerprint density at radius 2 is 2.03 bits per heavy atom. The first-order chi connectivity index (χ1) is 14.2. The van der Waals surface area contributed by atoms with Crippen molar-refractivity contribution in [2.75, 3.05) is 26.2 Å². The van der Waals surface area contributed by atoms with Gasteiger partial charge in [0.15, 0.2) is 5.96 Å². The summed E-state index contributed by atoms with van der Waals surface area (Å²) in [5.74, 6) is 1.49. The van der Waals surface area contributed by atoms with Crippen LogP contribution in [0.15, 0.2) is 35.3 Å². The van der Waals surface area contributed by atoms with Gasteiger partial charge in [0.05, 0.1) is 0 Å². The van der Waals surface area contributed by atoms with Crippen molar-refractivity contribution in [3.05, 3.63) is 36.0 Å². The molecular formula is C23H34IN5O. The van der Waals surface area contributed by atoms with Crippen LogP contribution >= 0.6 is 24.0 Å². The zero-order valence-electron chi connectivity index (χ0n) is 17.8. The molecule has 1 unspecified atom stereocenters. The molecule has 1 aromatic heterocycles. The number of fused-ring (bicyclic) bond motifs is 1. The summed E-state index contributed by atoms with van der Waals surface area (Å²) in [5, 5.41) is 8.13. The molecule has 0 spiro atoms. The van der Waals surface area contributed by atoms with Gasteiger partial charge in [0, 0.05) is 55.8 Å². The number of rotatable bonds is 6. The maximum atomic E-state index is 12.7. The van der Waals surface area contributed by atoms with Crippen molar-refractivity contribution in [1.29, 1.82) is 0 Å². The summed E-state index contributed by atoms with van der Waals surface area (Å²) >= 11 is 0. The van der Waals surface area contributed by atoms with Gasteiger partial charge in [-0.2, -0.15) is 0 Å². The number of carbonyl (C=O) groups excluding carboxylic acids is 1. The molecule has 2 aromatic rings. The maximum Gasteiger partial charge on any atom is 0.225 e. The third-order valence-corrected chi connectivity index (χ3v) is 6.13. The number of aromatic amines is 1. The van der Waals surface area contributed by atoms with Gasteiger partial charge in [-0.25, -0.2) is 0 Å². The molecule has 2 aliphatic rings. The van der Waals surface area contributed by atoms with Gasteiger partial charge in [-0.3, -0.25) is 9.79 Å². The molecule has 1 aliphatic carbocycles. The number of aliphatic imine (C=N–C) groups is 1. The highest BCUT2D eigenvalue weighted by atomic mass is 127. The molecule has 7 heteroatoms. The molecule has 3 N–H and O–H groups in total. The van der Waals surface area contributed by atoms with Crippen molar-refractivity contribution in [1.82, 2.24) is 20.5 Å². The molecule has 1 saturated carbocycles. The van der Waals surface area contributed by atoms with Crippen molar-refractivity contribution < 1.29 is 4.79 Å². The molecule has 1 amide bonds. The summed E-state index contributed by atoms with van der Waals surface area (Å²) in [6.45, 7) is 5.29. The largest absolute Gasteiger partial charge is 0.358 e. The van der Waals surface area contributed by atoms with Crippen molar-refractivity contribution in [2.45, 2.75) is 51.5 Å². The standard InChI is InChI=1S/C23H33N5O.HI/c1-2-24-23(25-13-11-19-15-18-9-5-6-10-21(18)26-19)27-20-12-14-28(16-20)22(29)17-7-3-4-8-17;/h5-6,9-10,15,17,20,26H,2-4,7-8,11-14,16H2,1H3,(H2,24,25,27);1H. The number of likely N-dealkylation sites (tertiary alicyclic amines) is 1. The number of benzene rings is 1. The van der Waals surface area contributed by atoms with Crippen LogP contribution < -0.4 is 10.6 Å². The normalized spacial score (nSPS) is 19.8. The smallest absolute Gasteiger partial charge is 0.225 e. The second-order valence-corrected chi connectivity index (χ2v) is 8.29. The van der Waals surface area contributed by atoms with Crippen LogP contribution in [0.1, 0.15) is 44.7 Å². The van der Waals surface area contributed by atoms with E-state index in [9.17, 15) is 4.79 Å². The van der Waals surface area contributed by atoms with Gasteiger partial charge < -0.3 is 20.5 Å². The number of hydrogen-bond donors (Lipinski definition) is 3. The lowest BCUT2D eigenvalue weighted by Crippen LogP contribution is -2.45. The first-order valence-electron chi connectivity index (χ1n) is 11.1. The van der Waals surface area contributed by atoms with E-state index in [1.165, 1.54) is 29.4 Å². The predicted octanol–water partition coefficient (Wildman–Crippen LogP) is 3.67. The van der Waals surface area contributed by atoms with Crippen LogP contribution in [0, 0.1) is 5.92 Å². The average Bonchev–Trinajstić information content (AvgIpc) is 3.48. The van der Waals surface area contributed by atoms with Gasteiger partial charge in [0.25, 0.3) is 0 Å². The highest BCUT2D eigenvalue weighted by molar-refractivity contribution is 14.0. The Morgan fingerprint density at radius 3 is 2.80 bits per heavy atom. The third-order valence-electron chi connectivity index (χ3n) is 6.13. The SMILES string of the molecule is CCNC(=NCCc1cc2ccccc2[nH]1)NC1CCN(C(=O)C2CCCC2)C1.I. The van der Waals surface area contributed by atoms with Gasteiger partial charge in [0.2, 0.25) is 5.91 Å². The number of amides is 1. The van der Waals surface area contributed by atoms with Crippen LogP contribution in [0.4, 0.5) is 0 Å². The Bertz CT molecular complexity index is 825.